The Hall–Kier alpha value is -0.0600. The van der Waals surface area contributed by atoms with Crippen molar-refractivity contribution in [1.82, 2.24) is 5.32 Å². The van der Waals surface area contributed by atoms with E-state index in [4.69, 9.17) is 0 Å². The Bertz CT molecular complexity index is 333. The van der Waals surface area contributed by atoms with Gasteiger partial charge in [0.15, 0.2) is 0 Å². The van der Waals surface area contributed by atoms with Gasteiger partial charge in [-0.15, -0.1) is 0 Å². The molecule has 0 spiro atoms. The summed E-state index contributed by atoms with van der Waals surface area (Å²) in [5, 5.41) is 3.28. The van der Waals surface area contributed by atoms with Gasteiger partial charge < -0.3 is 5.32 Å². The second-order valence-electron chi connectivity index (χ2n) is 3.97. The second kappa shape index (κ2) is 8.95. The fourth-order valence-corrected chi connectivity index (χ4v) is 2.48. The average molecular weight is 320 g/mol. The molecule has 0 aliphatic heterocycles. The first kappa shape index (κ1) is 15.0. The summed E-state index contributed by atoms with van der Waals surface area (Å²) in [5.74, 6) is 1.10. The van der Waals surface area contributed by atoms with Crippen LogP contribution in [-0.2, 0) is 6.54 Å². The largest absolute Gasteiger partial charge is 0.313 e. The molecule has 1 aromatic rings. The molecule has 0 atom stereocenters. The number of rotatable bonds is 8. The molecule has 0 fully saturated rings. The minimum absolute atomic E-state index is 0.136. The zero-order valence-corrected chi connectivity index (χ0v) is 12.5. The first-order valence-corrected chi connectivity index (χ1v) is 8.06. The van der Waals surface area contributed by atoms with Crippen molar-refractivity contribution in [3.63, 3.8) is 0 Å². The van der Waals surface area contributed by atoms with Crippen LogP contribution in [0.4, 0.5) is 4.39 Å². The summed E-state index contributed by atoms with van der Waals surface area (Å²) in [6.07, 6.45) is 5.81. The molecule has 0 radical (unpaired) electrons. The Morgan fingerprint density at radius 3 is 2.88 bits per heavy atom. The third-order valence-corrected chi connectivity index (χ3v) is 3.72. The summed E-state index contributed by atoms with van der Waals surface area (Å²) in [7, 11) is 0. The predicted octanol–water partition coefficient (Wildman–Crippen LogP) is 4.21. The third-order valence-electron chi connectivity index (χ3n) is 2.53. The van der Waals surface area contributed by atoms with Crippen molar-refractivity contribution in [1.29, 1.82) is 0 Å². The topological polar surface area (TPSA) is 12.0 Å². The molecule has 0 aromatic heterocycles. The summed E-state index contributed by atoms with van der Waals surface area (Å²) in [4.78, 5) is 0. The van der Waals surface area contributed by atoms with Gasteiger partial charge in [-0.1, -0.05) is 22.4 Å². The highest BCUT2D eigenvalue weighted by Gasteiger charge is 2.01. The molecule has 0 aliphatic carbocycles. The highest BCUT2D eigenvalue weighted by atomic mass is 79.9. The van der Waals surface area contributed by atoms with Crippen molar-refractivity contribution in [2.45, 2.75) is 25.8 Å². The monoisotopic (exact) mass is 319 g/mol. The van der Waals surface area contributed by atoms with Crippen LogP contribution in [0.25, 0.3) is 0 Å². The molecule has 0 amide bonds. The number of benzene rings is 1. The van der Waals surface area contributed by atoms with E-state index in [9.17, 15) is 4.39 Å². The fourth-order valence-electron chi connectivity index (χ4n) is 1.58. The molecule has 1 rings (SSSR count). The normalized spacial score (nSPS) is 10.8. The van der Waals surface area contributed by atoms with Crippen LogP contribution >= 0.6 is 27.7 Å². The van der Waals surface area contributed by atoms with Crippen molar-refractivity contribution >= 4 is 27.7 Å². The molecule has 0 saturated carbocycles. The Labute approximate surface area is 116 Å². The Balaban J connectivity index is 2.15. The van der Waals surface area contributed by atoms with E-state index in [1.54, 1.807) is 6.07 Å². The number of unbranched alkanes of at least 4 members (excludes halogenated alkanes) is 2. The lowest BCUT2D eigenvalue weighted by Gasteiger charge is -2.06. The number of nitrogens with one attached hydrogen (secondary N) is 1. The Morgan fingerprint density at radius 2 is 2.12 bits per heavy atom. The summed E-state index contributed by atoms with van der Waals surface area (Å²) in [6, 6.07) is 5.05. The van der Waals surface area contributed by atoms with E-state index in [0.717, 1.165) is 23.0 Å². The van der Waals surface area contributed by atoms with Crippen LogP contribution in [-0.4, -0.2) is 18.6 Å². The van der Waals surface area contributed by atoms with Gasteiger partial charge in [0.2, 0.25) is 0 Å². The molecular formula is C13H19BrFNS. The van der Waals surface area contributed by atoms with Crippen molar-refractivity contribution in [3.8, 4) is 0 Å². The van der Waals surface area contributed by atoms with Crippen molar-refractivity contribution in [2.75, 3.05) is 18.6 Å². The molecule has 96 valence electrons. The van der Waals surface area contributed by atoms with Crippen LogP contribution in [0, 0.1) is 5.82 Å². The van der Waals surface area contributed by atoms with E-state index in [0.29, 0.717) is 6.54 Å². The first-order valence-electron chi connectivity index (χ1n) is 5.87. The van der Waals surface area contributed by atoms with Crippen LogP contribution in [0.5, 0.6) is 0 Å². The molecular weight excluding hydrogens is 301 g/mol. The minimum atomic E-state index is -0.136. The lowest BCUT2D eigenvalue weighted by atomic mass is 10.2. The van der Waals surface area contributed by atoms with Gasteiger partial charge in [0, 0.05) is 16.6 Å². The van der Waals surface area contributed by atoms with Gasteiger partial charge >= 0.3 is 0 Å². The summed E-state index contributed by atoms with van der Waals surface area (Å²) in [5.41, 5.74) is 0.725. The van der Waals surface area contributed by atoms with E-state index in [-0.39, 0.29) is 5.82 Å². The molecule has 0 unspecified atom stereocenters. The second-order valence-corrected chi connectivity index (χ2v) is 5.87. The fraction of sp³-hybridized carbons (Fsp3) is 0.538. The zero-order chi connectivity index (χ0) is 12.5. The number of hydrogen-bond acceptors (Lipinski definition) is 2. The lowest BCUT2D eigenvalue weighted by Crippen LogP contribution is -2.15. The molecule has 0 heterocycles. The first-order chi connectivity index (χ1) is 8.24. The number of hydrogen-bond donors (Lipinski definition) is 1. The minimum Gasteiger partial charge on any atom is -0.313 e. The molecule has 17 heavy (non-hydrogen) atoms. The van der Waals surface area contributed by atoms with E-state index in [1.165, 1.54) is 24.7 Å². The van der Waals surface area contributed by atoms with Crippen LogP contribution in [0.2, 0.25) is 0 Å². The van der Waals surface area contributed by atoms with Gasteiger partial charge in [0.05, 0.1) is 0 Å². The Kier molecular flexibility index (Phi) is 7.90. The van der Waals surface area contributed by atoms with Crippen LogP contribution in [0.15, 0.2) is 22.7 Å². The smallest absolute Gasteiger partial charge is 0.127 e. The maximum Gasteiger partial charge on any atom is 0.127 e. The number of halogens is 2. The van der Waals surface area contributed by atoms with E-state index in [1.807, 2.05) is 17.8 Å². The number of thioether (sulfide) groups is 1. The van der Waals surface area contributed by atoms with Crippen LogP contribution in [0.1, 0.15) is 24.8 Å². The molecule has 1 aromatic carbocycles. The molecule has 0 saturated heterocycles. The molecule has 0 aliphatic rings. The van der Waals surface area contributed by atoms with Crippen molar-refractivity contribution in [3.05, 3.63) is 34.1 Å². The van der Waals surface area contributed by atoms with E-state index >= 15 is 0 Å². The average Bonchev–Trinajstić information content (AvgIpc) is 2.32. The summed E-state index contributed by atoms with van der Waals surface area (Å²) < 4.78 is 14.3. The van der Waals surface area contributed by atoms with Crippen molar-refractivity contribution < 1.29 is 4.39 Å². The lowest BCUT2D eigenvalue weighted by molar-refractivity contribution is 0.574. The summed E-state index contributed by atoms with van der Waals surface area (Å²) >= 11 is 5.24. The quantitative estimate of drug-likeness (QED) is 0.720. The van der Waals surface area contributed by atoms with Gasteiger partial charge in [0.25, 0.3) is 0 Å². The van der Waals surface area contributed by atoms with E-state index < -0.39 is 0 Å². The zero-order valence-electron chi connectivity index (χ0n) is 10.1. The van der Waals surface area contributed by atoms with Crippen molar-refractivity contribution in [2.24, 2.45) is 0 Å². The van der Waals surface area contributed by atoms with Gasteiger partial charge in [-0.25, -0.2) is 4.39 Å². The Morgan fingerprint density at radius 1 is 1.29 bits per heavy atom. The van der Waals surface area contributed by atoms with Gasteiger partial charge in [-0.3, -0.25) is 0 Å². The SMILES string of the molecule is CSCCCCCNCc1cc(Br)ccc1F. The maximum absolute atomic E-state index is 13.4. The molecule has 4 heteroatoms. The van der Waals surface area contributed by atoms with E-state index in [2.05, 4.69) is 27.5 Å². The predicted molar refractivity (Wildman–Crippen MR) is 78.0 cm³/mol. The third kappa shape index (κ3) is 6.43. The highest BCUT2D eigenvalue weighted by molar-refractivity contribution is 9.10. The molecule has 0 bridgehead atoms. The molecule has 1 nitrogen and oxygen atoms in total. The van der Waals surface area contributed by atoms with Gasteiger partial charge in [-0.2, -0.15) is 11.8 Å². The van der Waals surface area contributed by atoms with Gasteiger partial charge in [0.1, 0.15) is 5.82 Å². The maximum atomic E-state index is 13.4. The standard InChI is InChI=1S/C13H19BrFNS/c1-17-8-4-2-3-7-16-10-11-9-12(14)5-6-13(11)15/h5-6,9,16H,2-4,7-8,10H2,1H3. The van der Waals surface area contributed by atoms with Gasteiger partial charge in [-0.05, 0) is 49.6 Å². The van der Waals surface area contributed by atoms with Crippen LogP contribution in [0.3, 0.4) is 0 Å². The molecule has 1 N–H and O–H groups in total. The highest BCUT2D eigenvalue weighted by Crippen LogP contribution is 2.15. The summed E-state index contributed by atoms with van der Waals surface area (Å²) in [6.45, 7) is 1.56. The van der Waals surface area contributed by atoms with Crippen LogP contribution < -0.4 is 5.32 Å².